The molecule has 42 valence electrons. The molecule has 10 heavy (non-hydrogen) atoms. The van der Waals surface area contributed by atoms with Crippen molar-refractivity contribution in [1.82, 2.24) is 4.37 Å². The van der Waals surface area contributed by atoms with Crippen LogP contribution in [0, 0.1) is 0 Å². The molecule has 0 unspecified atom stereocenters. The summed E-state index contributed by atoms with van der Waals surface area (Å²) in [7, 11) is 0. The van der Waals surface area contributed by atoms with Gasteiger partial charge in [-0.15, -0.1) is 0 Å². The first-order valence-electron chi connectivity index (χ1n) is 2.34. The fourth-order valence-electron chi connectivity index (χ4n) is 0.495. The minimum absolute atomic E-state index is 0. The molecule has 0 amide bonds. The zero-order valence-electron chi connectivity index (χ0n) is 5.75. The molecular formula is C4HLi2NO2S. The maximum atomic E-state index is 10.1. The molecule has 0 aromatic carbocycles. The second kappa shape index (κ2) is 4.23. The van der Waals surface area contributed by atoms with Crippen molar-refractivity contribution < 1.29 is 28.8 Å². The molecular weight excluding hydrogens is 140 g/mol. The van der Waals surface area contributed by atoms with Crippen molar-refractivity contribution in [3.8, 4) is 0 Å². The summed E-state index contributed by atoms with van der Waals surface area (Å²) in [6.45, 7) is 0. The van der Waals surface area contributed by atoms with Crippen molar-refractivity contribution in [3.63, 3.8) is 0 Å². The van der Waals surface area contributed by atoms with Crippen LogP contribution in [-0.4, -0.2) is 28.1 Å². The molecule has 1 aromatic heterocycles. The Morgan fingerprint density at radius 3 is 2.60 bits per heavy atom. The fraction of sp³-hybridized carbons (Fsp3) is 0. The van der Waals surface area contributed by atoms with Crippen LogP contribution in [0.2, 0.25) is 0 Å². The van der Waals surface area contributed by atoms with E-state index < -0.39 is 5.97 Å². The van der Waals surface area contributed by atoms with Gasteiger partial charge in [-0.1, -0.05) is 0 Å². The molecule has 0 N–H and O–H groups in total. The number of carbonyl (C=O) groups excluding carboxylic acids is 1. The van der Waals surface area contributed by atoms with E-state index in [0.717, 1.165) is 11.5 Å². The van der Waals surface area contributed by atoms with Crippen LogP contribution in [0.4, 0.5) is 0 Å². The number of rotatable bonds is 1. The standard InChI is InChI=1S/C4H2NO2S.2Li/c6-4(7)3-1-5-8-2-3;;/h1H,(H,6,7);;/q;;+1/p-1. The number of carboxylic acids is 1. The number of aromatic nitrogens is 1. The average Bonchev–Trinajstić information content (AvgIpc) is 2.13. The normalized spacial score (nSPS) is 8.60. The van der Waals surface area contributed by atoms with Gasteiger partial charge in [-0.05, 0) is 0 Å². The molecule has 1 rings (SSSR count). The van der Waals surface area contributed by atoms with E-state index in [4.69, 9.17) is 0 Å². The van der Waals surface area contributed by atoms with Crippen molar-refractivity contribution in [2.75, 3.05) is 0 Å². The van der Waals surface area contributed by atoms with Crippen LogP contribution < -0.4 is 27.5 Å². The van der Waals surface area contributed by atoms with Gasteiger partial charge in [0.05, 0.1) is 0 Å². The molecule has 0 atom stereocenters. The van der Waals surface area contributed by atoms with Gasteiger partial charge in [-0.25, -0.2) is 0 Å². The van der Waals surface area contributed by atoms with Gasteiger partial charge in [0, 0.05) is 0 Å². The van der Waals surface area contributed by atoms with Crippen LogP contribution in [0.1, 0.15) is 10.4 Å². The van der Waals surface area contributed by atoms with Gasteiger partial charge >= 0.3 is 83.7 Å². The Hall–Kier alpha value is 0.295. The monoisotopic (exact) mass is 141 g/mol. The predicted octanol–water partition coefficient (Wildman–Crippen LogP) is -4.70. The summed E-state index contributed by atoms with van der Waals surface area (Å²) in [5.41, 5.74) is 0.194. The van der Waals surface area contributed by atoms with Crippen LogP contribution >= 0.6 is 11.5 Å². The summed E-state index contributed by atoms with van der Waals surface area (Å²) in [6, 6.07) is 0. The Morgan fingerprint density at radius 1 is 1.80 bits per heavy atom. The Bertz CT molecular complexity index is 237. The first-order chi connectivity index (χ1) is 4.22. The van der Waals surface area contributed by atoms with Crippen molar-refractivity contribution in [3.05, 3.63) is 11.8 Å². The third-order valence-corrected chi connectivity index (χ3v) is 1.68. The Labute approximate surface area is 83.4 Å². The second-order valence-electron chi connectivity index (χ2n) is 1.58. The van der Waals surface area contributed by atoms with Crippen molar-refractivity contribution >= 4 is 38.8 Å². The minimum atomic E-state index is -1.15. The van der Waals surface area contributed by atoms with Gasteiger partial charge in [0.2, 0.25) is 0 Å². The van der Waals surface area contributed by atoms with Crippen molar-refractivity contribution in [2.24, 2.45) is 0 Å². The number of hydrogen-bond acceptors (Lipinski definition) is 4. The number of hydrogen-bond donors (Lipinski definition) is 0. The van der Waals surface area contributed by atoms with E-state index in [1.54, 1.807) is 17.7 Å². The van der Waals surface area contributed by atoms with Gasteiger partial charge < -0.3 is 0 Å². The molecule has 3 nitrogen and oxygen atoms in total. The van der Waals surface area contributed by atoms with E-state index in [1.807, 2.05) is 0 Å². The molecule has 0 spiro atoms. The summed E-state index contributed by atoms with van der Waals surface area (Å²) in [4.78, 5) is 10.1. The number of aromatic carboxylic acids is 1. The molecule has 1 aromatic rings. The van der Waals surface area contributed by atoms with E-state index >= 15 is 0 Å². The van der Waals surface area contributed by atoms with Gasteiger partial charge in [0.1, 0.15) is 0 Å². The van der Waals surface area contributed by atoms with Gasteiger partial charge in [0.25, 0.3) is 0 Å². The Balaban J connectivity index is 0.000000810. The zero-order chi connectivity index (χ0) is 6.85. The molecule has 0 radical (unpaired) electrons. The second-order valence-corrected chi connectivity index (χ2v) is 2.59. The average molecular weight is 141 g/mol. The van der Waals surface area contributed by atoms with E-state index in [9.17, 15) is 9.90 Å². The SMILES string of the molecule is [Li+].[Li][c]1sncc1C(=O)[O-]. The molecule has 1 heterocycles. The third-order valence-electron chi connectivity index (χ3n) is 0.971. The van der Waals surface area contributed by atoms with Crippen LogP contribution in [0.15, 0.2) is 6.20 Å². The Morgan fingerprint density at radius 2 is 2.40 bits per heavy atom. The van der Waals surface area contributed by atoms with Crippen LogP contribution in [-0.2, 0) is 0 Å². The number of carboxylic acid groups (broad SMARTS) is 1. The first kappa shape index (κ1) is 10.3. The third kappa shape index (κ3) is 2.16. The number of carbonyl (C=O) groups is 1. The molecule has 0 aliphatic rings. The van der Waals surface area contributed by atoms with Crippen LogP contribution in [0.25, 0.3) is 0 Å². The predicted molar refractivity (Wildman–Crippen MR) is 31.8 cm³/mol. The van der Waals surface area contributed by atoms with Crippen LogP contribution in [0.3, 0.4) is 0 Å². The molecule has 0 aliphatic carbocycles. The molecule has 0 aliphatic heterocycles. The van der Waals surface area contributed by atoms with Gasteiger partial charge in [-0.3, -0.25) is 0 Å². The Kier molecular flexibility index (Phi) is 4.36. The van der Waals surface area contributed by atoms with Crippen molar-refractivity contribution in [1.29, 1.82) is 0 Å². The summed E-state index contributed by atoms with van der Waals surface area (Å²) >= 11 is 2.86. The molecule has 0 saturated carbocycles. The maximum absolute atomic E-state index is 10.1. The summed E-state index contributed by atoms with van der Waals surface area (Å²) in [6.07, 6.45) is 1.30. The van der Waals surface area contributed by atoms with Crippen LogP contribution in [0.5, 0.6) is 0 Å². The summed E-state index contributed by atoms with van der Waals surface area (Å²) in [5, 5.41) is 10.1. The molecule has 6 heteroatoms. The molecule has 0 saturated heterocycles. The summed E-state index contributed by atoms with van der Waals surface area (Å²) in [5.74, 6) is -1.15. The van der Waals surface area contributed by atoms with E-state index in [2.05, 4.69) is 4.37 Å². The quantitative estimate of drug-likeness (QED) is 0.369. The first-order valence-corrected chi connectivity index (χ1v) is 3.12. The van der Waals surface area contributed by atoms with Crippen molar-refractivity contribution in [2.45, 2.75) is 0 Å². The zero-order valence-corrected chi connectivity index (χ0v) is 6.57. The van der Waals surface area contributed by atoms with Gasteiger partial charge in [-0.2, -0.15) is 0 Å². The fourth-order valence-corrected chi connectivity index (χ4v) is 1.05. The topological polar surface area (TPSA) is 53.0 Å². The van der Waals surface area contributed by atoms with E-state index in [0.29, 0.717) is 3.55 Å². The molecule has 0 fully saturated rings. The van der Waals surface area contributed by atoms with E-state index in [1.165, 1.54) is 6.20 Å². The van der Waals surface area contributed by atoms with Gasteiger partial charge in [0.15, 0.2) is 0 Å². The van der Waals surface area contributed by atoms with E-state index in [-0.39, 0.29) is 24.4 Å². The molecule has 0 bridgehead atoms. The summed E-state index contributed by atoms with van der Waals surface area (Å²) < 4.78 is 4.35. The number of nitrogens with zero attached hydrogens (tertiary/aromatic N) is 1.